The summed E-state index contributed by atoms with van der Waals surface area (Å²) in [6.07, 6.45) is 12.0. The van der Waals surface area contributed by atoms with Crippen LogP contribution in [0.1, 0.15) is 45.4 Å². The van der Waals surface area contributed by atoms with Crippen molar-refractivity contribution in [3.05, 3.63) is 18.5 Å². The van der Waals surface area contributed by atoms with E-state index in [2.05, 4.69) is 27.6 Å². The van der Waals surface area contributed by atoms with Gasteiger partial charge in [0.25, 0.3) is 0 Å². The molecule has 0 bridgehead atoms. The molecule has 7 heteroatoms. The Balaban J connectivity index is 0.00000288. The number of hydrogen-bond acceptors (Lipinski definition) is 3. The van der Waals surface area contributed by atoms with Crippen molar-refractivity contribution in [1.29, 1.82) is 0 Å². The Bertz CT molecular complexity index is 430. The molecule has 2 N–H and O–H groups in total. The number of aliphatic imine (C=N–C) groups is 1. The van der Waals surface area contributed by atoms with Gasteiger partial charge in [0.1, 0.15) is 0 Å². The van der Waals surface area contributed by atoms with Gasteiger partial charge in [0, 0.05) is 25.5 Å². The van der Waals surface area contributed by atoms with E-state index in [1.54, 1.807) is 6.20 Å². The number of rotatable bonds is 8. The van der Waals surface area contributed by atoms with Crippen LogP contribution >= 0.6 is 24.0 Å². The Labute approximate surface area is 162 Å². The molecule has 1 aromatic rings. The highest BCUT2D eigenvalue weighted by Gasteiger charge is 2.11. The van der Waals surface area contributed by atoms with Crippen LogP contribution in [0, 0.1) is 0 Å². The van der Waals surface area contributed by atoms with Crippen LogP contribution in [0.2, 0.25) is 0 Å². The van der Waals surface area contributed by atoms with Crippen LogP contribution in [0.25, 0.3) is 0 Å². The van der Waals surface area contributed by atoms with E-state index in [1.165, 1.54) is 38.5 Å². The summed E-state index contributed by atoms with van der Waals surface area (Å²) in [6, 6.07) is 1.93. The summed E-state index contributed by atoms with van der Waals surface area (Å²) in [7, 11) is 0. The normalized spacial score (nSPS) is 16.3. The van der Waals surface area contributed by atoms with E-state index in [0.29, 0.717) is 19.3 Å². The van der Waals surface area contributed by atoms with Gasteiger partial charge in [0.15, 0.2) is 5.96 Å². The SMILES string of the molecule is CCNC(=NCCOC1CCCCCC1)NCCn1cccn1.I. The Kier molecular flexibility index (Phi) is 11.9. The lowest BCUT2D eigenvalue weighted by atomic mass is 10.1. The van der Waals surface area contributed by atoms with Gasteiger partial charge in [-0.25, -0.2) is 0 Å². The number of aromatic nitrogens is 2. The molecule has 1 aliphatic carbocycles. The predicted molar refractivity (Wildman–Crippen MR) is 109 cm³/mol. The molecule has 1 heterocycles. The predicted octanol–water partition coefficient (Wildman–Crippen LogP) is 2.80. The van der Waals surface area contributed by atoms with Crippen LogP contribution in [0.3, 0.4) is 0 Å². The standard InChI is InChI=1S/C17H31N5O.HI/c1-2-18-17(19-11-14-22-13-7-10-21-22)20-12-15-23-16-8-5-3-4-6-9-16;/h7,10,13,16H,2-6,8-9,11-12,14-15H2,1H3,(H2,18,19,20);1H. The molecule has 1 saturated carbocycles. The number of halogens is 1. The van der Waals surface area contributed by atoms with Gasteiger partial charge in [-0.15, -0.1) is 24.0 Å². The van der Waals surface area contributed by atoms with Gasteiger partial charge in [-0.05, 0) is 25.8 Å². The first-order chi connectivity index (χ1) is 11.4. The molecule has 138 valence electrons. The molecule has 6 nitrogen and oxygen atoms in total. The third-order valence-corrected chi connectivity index (χ3v) is 4.05. The molecule has 0 radical (unpaired) electrons. The van der Waals surface area contributed by atoms with Gasteiger partial charge in [0.2, 0.25) is 0 Å². The highest BCUT2D eigenvalue weighted by atomic mass is 127. The third-order valence-electron chi connectivity index (χ3n) is 4.05. The molecule has 24 heavy (non-hydrogen) atoms. The zero-order valence-electron chi connectivity index (χ0n) is 14.7. The van der Waals surface area contributed by atoms with E-state index in [0.717, 1.165) is 25.6 Å². The molecular weight excluding hydrogens is 417 g/mol. The molecule has 0 spiro atoms. The molecule has 0 unspecified atom stereocenters. The molecule has 1 fully saturated rings. The summed E-state index contributed by atoms with van der Waals surface area (Å²) in [5, 5.41) is 10.8. The van der Waals surface area contributed by atoms with Crippen molar-refractivity contribution in [2.75, 3.05) is 26.2 Å². The van der Waals surface area contributed by atoms with E-state index in [-0.39, 0.29) is 24.0 Å². The van der Waals surface area contributed by atoms with Gasteiger partial charge in [-0.3, -0.25) is 9.67 Å². The van der Waals surface area contributed by atoms with Crippen LogP contribution in [0.4, 0.5) is 0 Å². The Morgan fingerprint density at radius 2 is 2.04 bits per heavy atom. The largest absolute Gasteiger partial charge is 0.376 e. The molecular formula is C17H32IN5O. The fraction of sp³-hybridized carbons (Fsp3) is 0.765. The van der Waals surface area contributed by atoms with E-state index < -0.39 is 0 Å². The van der Waals surface area contributed by atoms with Crippen molar-refractivity contribution >= 4 is 29.9 Å². The van der Waals surface area contributed by atoms with Gasteiger partial charge in [-0.1, -0.05) is 25.7 Å². The Morgan fingerprint density at radius 1 is 1.25 bits per heavy atom. The van der Waals surface area contributed by atoms with Crippen LogP contribution in [0.15, 0.2) is 23.5 Å². The lowest BCUT2D eigenvalue weighted by molar-refractivity contribution is 0.0487. The van der Waals surface area contributed by atoms with E-state index in [1.807, 2.05) is 16.9 Å². The van der Waals surface area contributed by atoms with Gasteiger partial charge in [0.05, 0.1) is 25.8 Å². The summed E-state index contributed by atoms with van der Waals surface area (Å²) >= 11 is 0. The minimum absolute atomic E-state index is 0. The minimum Gasteiger partial charge on any atom is -0.376 e. The first-order valence-electron chi connectivity index (χ1n) is 8.99. The monoisotopic (exact) mass is 449 g/mol. The summed E-state index contributed by atoms with van der Waals surface area (Å²) in [5.41, 5.74) is 0. The highest BCUT2D eigenvalue weighted by Crippen LogP contribution is 2.19. The lowest BCUT2D eigenvalue weighted by Crippen LogP contribution is -2.39. The first-order valence-corrected chi connectivity index (χ1v) is 8.99. The maximum absolute atomic E-state index is 5.98. The zero-order valence-corrected chi connectivity index (χ0v) is 17.1. The Morgan fingerprint density at radius 3 is 2.71 bits per heavy atom. The number of nitrogens with one attached hydrogen (secondary N) is 2. The molecule has 0 atom stereocenters. The number of nitrogens with zero attached hydrogens (tertiary/aromatic N) is 3. The van der Waals surface area contributed by atoms with Gasteiger partial charge >= 0.3 is 0 Å². The lowest BCUT2D eigenvalue weighted by Gasteiger charge is -2.15. The van der Waals surface area contributed by atoms with Crippen molar-refractivity contribution in [2.45, 2.75) is 58.1 Å². The maximum atomic E-state index is 5.98. The molecule has 0 aromatic carbocycles. The molecule has 0 amide bonds. The molecule has 0 aliphatic heterocycles. The first kappa shape index (κ1) is 21.2. The summed E-state index contributed by atoms with van der Waals surface area (Å²) in [5.74, 6) is 0.851. The summed E-state index contributed by atoms with van der Waals surface area (Å²) in [6.45, 7) is 5.98. The number of ether oxygens (including phenoxy) is 1. The van der Waals surface area contributed by atoms with Crippen LogP contribution in [-0.4, -0.2) is 48.1 Å². The molecule has 1 aliphatic rings. The second-order valence-corrected chi connectivity index (χ2v) is 5.94. The van der Waals surface area contributed by atoms with E-state index >= 15 is 0 Å². The summed E-state index contributed by atoms with van der Waals surface area (Å²) < 4.78 is 7.89. The maximum Gasteiger partial charge on any atom is 0.191 e. The highest BCUT2D eigenvalue weighted by molar-refractivity contribution is 14.0. The van der Waals surface area contributed by atoms with E-state index in [4.69, 9.17) is 4.74 Å². The van der Waals surface area contributed by atoms with Crippen LogP contribution in [0.5, 0.6) is 0 Å². The second-order valence-electron chi connectivity index (χ2n) is 5.94. The fourth-order valence-corrected chi connectivity index (χ4v) is 2.85. The average molecular weight is 449 g/mol. The fourth-order valence-electron chi connectivity index (χ4n) is 2.85. The van der Waals surface area contributed by atoms with Crippen molar-refractivity contribution in [3.8, 4) is 0 Å². The van der Waals surface area contributed by atoms with Crippen LogP contribution < -0.4 is 10.6 Å². The Hall–Kier alpha value is -0.830. The second kappa shape index (κ2) is 13.5. The van der Waals surface area contributed by atoms with Gasteiger partial charge < -0.3 is 15.4 Å². The van der Waals surface area contributed by atoms with E-state index in [9.17, 15) is 0 Å². The van der Waals surface area contributed by atoms with Crippen LogP contribution in [-0.2, 0) is 11.3 Å². The van der Waals surface area contributed by atoms with Gasteiger partial charge in [-0.2, -0.15) is 5.10 Å². The van der Waals surface area contributed by atoms with Crippen molar-refractivity contribution in [1.82, 2.24) is 20.4 Å². The van der Waals surface area contributed by atoms with Crippen molar-refractivity contribution < 1.29 is 4.74 Å². The minimum atomic E-state index is 0. The number of hydrogen-bond donors (Lipinski definition) is 2. The zero-order chi connectivity index (χ0) is 16.2. The average Bonchev–Trinajstić information content (AvgIpc) is 2.94. The molecule has 0 saturated heterocycles. The van der Waals surface area contributed by atoms with Crippen molar-refractivity contribution in [3.63, 3.8) is 0 Å². The number of guanidine groups is 1. The van der Waals surface area contributed by atoms with Crippen molar-refractivity contribution in [2.24, 2.45) is 4.99 Å². The molecule has 2 rings (SSSR count). The summed E-state index contributed by atoms with van der Waals surface area (Å²) in [4.78, 5) is 4.58. The topological polar surface area (TPSA) is 63.5 Å². The quantitative estimate of drug-likeness (QED) is 0.211. The molecule has 1 aromatic heterocycles. The third kappa shape index (κ3) is 8.86. The smallest absolute Gasteiger partial charge is 0.191 e.